The second-order valence-electron chi connectivity index (χ2n) is 5.05. The van der Waals surface area contributed by atoms with Crippen molar-refractivity contribution in [3.8, 4) is 0 Å². The van der Waals surface area contributed by atoms with Gasteiger partial charge in [-0.05, 0) is 19.1 Å². The lowest BCUT2D eigenvalue weighted by atomic mass is 9.94. The number of hydrogen-bond acceptors (Lipinski definition) is 5. The number of aliphatic hydroxyl groups excluding tert-OH is 1. The molecule has 1 heterocycles. The number of alkyl halides is 2. The summed E-state index contributed by atoms with van der Waals surface area (Å²) >= 11 is 0. The van der Waals surface area contributed by atoms with Crippen LogP contribution >= 0.6 is 0 Å². The van der Waals surface area contributed by atoms with Crippen LogP contribution in [-0.2, 0) is 14.3 Å². The minimum Gasteiger partial charge on any atom is -0.389 e. The Labute approximate surface area is 122 Å². The molecule has 1 aliphatic rings. The summed E-state index contributed by atoms with van der Waals surface area (Å²) in [4.78, 5) is -0.119. The zero-order chi connectivity index (χ0) is 15.6. The summed E-state index contributed by atoms with van der Waals surface area (Å²) in [5.74, 6) is -1.38. The maximum absolute atomic E-state index is 12.9. The predicted molar refractivity (Wildman–Crippen MR) is 71.6 cm³/mol. The van der Waals surface area contributed by atoms with Gasteiger partial charge in [-0.3, -0.25) is 4.18 Å². The summed E-state index contributed by atoms with van der Waals surface area (Å²) in [6, 6.07) is 5.85. The Morgan fingerprint density at radius 1 is 1.29 bits per heavy atom. The zero-order valence-electron chi connectivity index (χ0n) is 11.4. The van der Waals surface area contributed by atoms with Crippen LogP contribution < -0.4 is 5.32 Å². The molecule has 0 bridgehead atoms. The maximum Gasteiger partial charge on any atom is 0.297 e. The van der Waals surface area contributed by atoms with Gasteiger partial charge in [0.15, 0.2) is 0 Å². The summed E-state index contributed by atoms with van der Waals surface area (Å²) < 4.78 is 55.0. The van der Waals surface area contributed by atoms with E-state index in [0.29, 0.717) is 0 Å². The number of benzene rings is 1. The van der Waals surface area contributed by atoms with E-state index in [1.807, 2.05) is 0 Å². The van der Waals surface area contributed by atoms with Gasteiger partial charge in [-0.1, -0.05) is 17.7 Å². The molecular formula is C13H17F2NO4S. The minimum absolute atomic E-state index is 0.0112. The van der Waals surface area contributed by atoms with Crippen molar-refractivity contribution < 1.29 is 26.5 Å². The fourth-order valence-corrected chi connectivity index (χ4v) is 3.33. The largest absolute Gasteiger partial charge is 0.389 e. The van der Waals surface area contributed by atoms with Gasteiger partial charge < -0.3 is 10.4 Å². The molecule has 1 saturated heterocycles. The zero-order valence-corrected chi connectivity index (χ0v) is 12.2. The van der Waals surface area contributed by atoms with E-state index in [9.17, 15) is 22.3 Å². The SMILES string of the molecule is Cc1ccc(S(=O)(=O)O[C@H]2[C@H](O)CNC[C@@H]2C(F)F)cc1. The average Bonchev–Trinajstić information content (AvgIpc) is 2.41. The third kappa shape index (κ3) is 3.76. The molecule has 0 saturated carbocycles. The Balaban J connectivity index is 2.22. The third-order valence-corrected chi connectivity index (χ3v) is 4.73. The van der Waals surface area contributed by atoms with E-state index < -0.39 is 34.7 Å². The molecule has 5 nitrogen and oxygen atoms in total. The molecule has 8 heteroatoms. The fourth-order valence-electron chi connectivity index (χ4n) is 2.19. The Hall–Kier alpha value is -1.09. The van der Waals surface area contributed by atoms with E-state index in [-0.39, 0.29) is 18.0 Å². The number of halogens is 2. The first-order valence-corrected chi connectivity index (χ1v) is 7.89. The van der Waals surface area contributed by atoms with Crippen molar-refractivity contribution in [2.75, 3.05) is 13.1 Å². The highest BCUT2D eigenvalue weighted by Gasteiger charge is 2.41. The first kappa shape index (κ1) is 16.3. The molecule has 1 aromatic rings. The van der Waals surface area contributed by atoms with Crippen LogP contribution in [0.1, 0.15) is 5.56 Å². The lowest BCUT2D eigenvalue weighted by molar-refractivity contribution is -0.0690. The smallest absolute Gasteiger partial charge is 0.297 e. The molecular weight excluding hydrogens is 304 g/mol. The lowest BCUT2D eigenvalue weighted by Crippen LogP contribution is -2.54. The summed E-state index contributed by atoms with van der Waals surface area (Å²) in [6.07, 6.45) is -5.55. The van der Waals surface area contributed by atoms with Crippen LogP contribution in [0.2, 0.25) is 0 Å². The van der Waals surface area contributed by atoms with Crippen LogP contribution in [0.3, 0.4) is 0 Å². The van der Waals surface area contributed by atoms with Gasteiger partial charge in [0.05, 0.1) is 16.9 Å². The lowest BCUT2D eigenvalue weighted by Gasteiger charge is -2.34. The molecule has 1 fully saturated rings. The van der Waals surface area contributed by atoms with E-state index in [0.717, 1.165) is 5.56 Å². The molecule has 0 spiro atoms. The Bertz CT molecular complexity index is 576. The Kier molecular flexibility index (Phi) is 4.92. The number of aliphatic hydroxyl groups is 1. The quantitative estimate of drug-likeness (QED) is 0.807. The number of nitrogens with one attached hydrogen (secondary N) is 1. The molecule has 2 rings (SSSR count). The predicted octanol–water partition coefficient (Wildman–Crippen LogP) is 0.914. The van der Waals surface area contributed by atoms with Crippen LogP contribution in [0, 0.1) is 12.8 Å². The van der Waals surface area contributed by atoms with Crippen molar-refractivity contribution in [3.05, 3.63) is 29.8 Å². The molecule has 118 valence electrons. The van der Waals surface area contributed by atoms with Crippen molar-refractivity contribution in [2.24, 2.45) is 5.92 Å². The number of piperidine rings is 1. The third-order valence-electron chi connectivity index (χ3n) is 3.41. The normalized spacial score (nSPS) is 27.0. The summed E-state index contributed by atoms with van der Waals surface area (Å²) in [5, 5.41) is 12.4. The molecule has 0 amide bonds. The van der Waals surface area contributed by atoms with E-state index in [2.05, 4.69) is 5.32 Å². The van der Waals surface area contributed by atoms with Gasteiger partial charge in [-0.25, -0.2) is 8.78 Å². The Morgan fingerprint density at radius 3 is 2.48 bits per heavy atom. The van der Waals surface area contributed by atoms with Gasteiger partial charge >= 0.3 is 0 Å². The van der Waals surface area contributed by atoms with Crippen LogP contribution in [-0.4, -0.2) is 45.2 Å². The highest BCUT2D eigenvalue weighted by atomic mass is 32.2. The maximum atomic E-state index is 12.9. The number of β-amino-alcohol motifs (C(OH)–C–C–N with tert-alkyl or cyclic N) is 1. The van der Waals surface area contributed by atoms with Crippen LogP contribution in [0.4, 0.5) is 8.78 Å². The average molecular weight is 321 g/mol. The number of rotatable bonds is 4. The van der Waals surface area contributed by atoms with Crippen molar-refractivity contribution in [1.29, 1.82) is 0 Å². The van der Waals surface area contributed by atoms with E-state index in [4.69, 9.17) is 4.18 Å². The molecule has 0 radical (unpaired) electrons. The van der Waals surface area contributed by atoms with E-state index in [1.54, 1.807) is 19.1 Å². The van der Waals surface area contributed by atoms with Crippen molar-refractivity contribution in [2.45, 2.75) is 30.5 Å². The first-order valence-electron chi connectivity index (χ1n) is 6.48. The van der Waals surface area contributed by atoms with Crippen LogP contribution in [0.5, 0.6) is 0 Å². The van der Waals surface area contributed by atoms with Crippen LogP contribution in [0.25, 0.3) is 0 Å². The highest BCUT2D eigenvalue weighted by Crippen LogP contribution is 2.26. The highest BCUT2D eigenvalue weighted by molar-refractivity contribution is 7.86. The molecule has 21 heavy (non-hydrogen) atoms. The summed E-state index contributed by atoms with van der Waals surface area (Å²) in [5.41, 5.74) is 0.862. The standard InChI is InChI=1S/C13H17F2NO4S/c1-8-2-4-9(5-3-8)21(18,19)20-12-10(13(14)15)6-16-7-11(12)17/h2-5,10-13,16-17H,6-7H2,1H3/t10-,11+,12+/m0/s1. The van der Waals surface area contributed by atoms with Crippen molar-refractivity contribution in [1.82, 2.24) is 5.32 Å². The molecule has 3 atom stereocenters. The van der Waals surface area contributed by atoms with E-state index >= 15 is 0 Å². The minimum atomic E-state index is -4.20. The topological polar surface area (TPSA) is 75.6 Å². The molecule has 1 aliphatic heterocycles. The number of hydrogen-bond donors (Lipinski definition) is 2. The molecule has 0 aliphatic carbocycles. The van der Waals surface area contributed by atoms with Gasteiger partial charge in [0.2, 0.25) is 6.43 Å². The second kappa shape index (κ2) is 6.35. The van der Waals surface area contributed by atoms with Gasteiger partial charge in [-0.15, -0.1) is 0 Å². The van der Waals surface area contributed by atoms with E-state index in [1.165, 1.54) is 12.1 Å². The second-order valence-corrected chi connectivity index (χ2v) is 6.62. The van der Waals surface area contributed by atoms with Crippen molar-refractivity contribution >= 4 is 10.1 Å². The van der Waals surface area contributed by atoms with Gasteiger partial charge in [0.25, 0.3) is 10.1 Å². The number of aryl methyl sites for hydroxylation is 1. The molecule has 0 aromatic heterocycles. The molecule has 1 aromatic carbocycles. The monoisotopic (exact) mass is 321 g/mol. The van der Waals surface area contributed by atoms with Crippen LogP contribution in [0.15, 0.2) is 29.2 Å². The molecule has 0 unspecified atom stereocenters. The van der Waals surface area contributed by atoms with Crippen molar-refractivity contribution in [3.63, 3.8) is 0 Å². The van der Waals surface area contributed by atoms with Gasteiger partial charge in [0.1, 0.15) is 6.10 Å². The Morgan fingerprint density at radius 2 is 1.90 bits per heavy atom. The molecule has 2 N–H and O–H groups in total. The van der Waals surface area contributed by atoms with Gasteiger partial charge in [0, 0.05) is 13.1 Å². The first-order chi connectivity index (χ1) is 9.81. The summed E-state index contributed by atoms with van der Waals surface area (Å²) in [6.45, 7) is 1.70. The summed E-state index contributed by atoms with van der Waals surface area (Å²) in [7, 11) is -4.20. The fraction of sp³-hybridized carbons (Fsp3) is 0.538. The van der Waals surface area contributed by atoms with Gasteiger partial charge in [-0.2, -0.15) is 8.42 Å².